The molecule has 0 heterocycles. The summed E-state index contributed by atoms with van der Waals surface area (Å²) in [5.74, 6) is 0. The Labute approximate surface area is 230 Å². The summed E-state index contributed by atoms with van der Waals surface area (Å²) < 4.78 is 0. The summed E-state index contributed by atoms with van der Waals surface area (Å²) in [6.45, 7) is 13.9. The Morgan fingerprint density at radius 1 is 0.800 bits per heavy atom. The van der Waals surface area contributed by atoms with Gasteiger partial charge in [-0.25, -0.2) is 12.1 Å². The van der Waals surface area contributed by atoms with E-state index in [2.05, 4.69) is 90.1 Å². The summed E-state index contributed by atoms with van der Waals surface area (Å²) in [6, 6.07) is 21.0. The van der Waals surface area contributed by atoms with E-state index in [4.69, 9.17) is 17.0 Å². The molecule has 0 saturated heterocycles. The Hall–Kier alpha value is -0.400. The molecule has 3 aromatic rings. The van der Waals surface area contributed by atoms with Crippen LogP contribution in [0.5, 0.6) is 0 Å². The van der Waals surface area contributed by atoms with Gasteiger partial charge in [-0.15, -0.1) is 0 Å². The number of rotatable bonds is 2. The van der Waals surface area contributed by atoms with Gasteiger partial charge >= 0.3 is 83.1 Å². The van der Waals surface area contributed by atoms with Gasteiger partial charge in [-0.05, 0) is 0 Å². The van der Waals surface area contributed by atoms with Crippen LogP contribution in [0.4, 0.5) is 0 Å². The van der Waals surface area contributed by atoms with Gasteiger partial charge in [0.15, 0.2) is 0 Å². The van der Waals surface area contributed by atoms with E-state index in [1.807, 2.05) is 6.07 Å². The number of hydrogen-bond acceptors (Lipinski definition) is 0. The third-order valence-corrected chi connectivity index (χ3v) is 17.8. The second-order valence-corrected chi connectivity index (χ2v) is 30.6. The van der Waals surface area contributed by atoms with Crippen LogP contribution in [0.25, 0.3) is 0 Å². The molecule has 2 aliphatic carbocycles. The second kappa shape index (κ2) is 12.9. The van der Waals surface area contributed by atoms with Gasteiger partial charge in [0.1, 0.15) is 0 Å². The molecule has 5 rings (SSSR count). The van der Waals surface area contributed by atoms with Crippen LogP contribution < -0.4 is 0 Å². The first-order chi connectivity index (χ1) is 16.5. The maximum atomic E-state index is 5.83. The van der Waals surface area contributed by atoms with Gasteiger partial charge in [0, 0.05) is 0 Å². The van der Waals surface area contributed by atoms with Crippen molar-refractivity contribution in [2.75, 3.05) is 0 Å². The minimum absolute atomic E-state index is 0.334. The van der Waals surface area contributed by atoms with E-state index in [1.165, 1.54) is 55.2 Å². The Balaban J connectivity index is 0.000000147. The fourth-order valence-electron chi connectivity index (χ4n) is 5.62. The molecular weight excluding hydrogens is 563 g/mol. The molecule has 0 bridgehead atoms. The molecule has 35 heavy (non-hydrogen) atoms. The fourth-order valence-corrected chi connectivity index (χ4v) is 11.9. The van der Waals surface area contributed by atoms with Crippen molar-refractivity contribution in [3.63, 3.8) is 0 Å². The molecule has 190 valence electrons. The van der Waals surface area contributed by atoms with Crippen molar-refractivity contribution < 1.29 is 18.0 Å². The quantitative estimate of drug-likeness (QED) is 0.202. The Kier molecular flexibility index (Phi) is 10.8. The standard InChI is InChI=1S/2C12H17.C7H8Si.2ClH.Zr/c2*1-9-7-10-5-4-6-12(2,3)11(10)8-9;8-6-7-4-2-1-3-5-7;;;/h2*7-8H,4-6H2,1-3H3;1-5,8H,6H2;2*1H;/q2*-1;;;;+2/p-2. The van der Waals surface area contributed by atoms with Crippen molar-refractivity contribution in [1.82, 2.24) is 0 Å². The zero-order valence-corrected chi connectivity index (χ0v) is 27.6. The van der Waals surface area contributed by atoms with Crippen LogP contribution in [0, 0.1) is 13.8 Å². The molecule has 0 unspecified atom stereocenters. The van der Waals surface area contributed by atoms with Gasteiger partial charge in [0.05, 0.1) is 0 Å². The van der Waals surface area contributed by atoms with E-state index < -0.39 is 18.0 Å². The molecule has 0 saturated carbocycles. The van der Waals surface area contributed by atoms with E-state index >= 15 is 0 Å². The summed E-state index contributed by atoms with van der Waals surface area (Å²) in [5, 5.41) is 0. The molecule has 0 aliphatic heterocycles. The zero-order valence-electron chi connectivity index (χ0n) is 22.5. The van der Waals surface area contributed by atoms with Crippen molar-refractivity contribution in [3.05, 3.63) is 93.5 Å². The average Bonchev–Trinajstić information content (AvgIpc) is 3.37. The molecule has 0 spiro atoms. The third-order valence-electron chi connectivity index (χ3n) is 7.53. The second-order valence-electron chi connectivity index (χ2n) is 11.6. The molecule has 0 N–H and O–H groups in total. The normalized spacial score (nSPS) is 17.0. The molecule has 0 atom stereocenters. The first-order valence-electron chi connectivity index (χ1n) is 13.1. The Morgan fingerprint density at radius 3 is 1.66 bits per heavy atom. The van der Waals surface area contributed by atoms with Gasteiger partial charge in [0.25, 0.3) is 0 Å². The van der Waals surface area contributed by atoms with Crippen molar-refractivity contribution in [3.8, 4) is 0 Å². The topological polar surface area (TPSA) is 0 Å². The summed E-state index contributed by atoms with van der Waals surface area (Å²) in [5.41, 5.74) is 11.5. The van der Waals surface area contributed by atoms with E-state index in [-0.39, 0.29) is 0 Å². The fraction of sp³-hybridized carbons (Fsp3) is 0.484. The predicted molar refractivity (Wildman–Crippen MR) is 154 cm³/mol. The van der Waals surface area contributed by atoms with Crippen molar-refractivity contribution in [2.24, 2.45) is 0 Å². The first-order valence-corrected chi connectivity index (χ1v) is 25.0. The van der Waals surface area contributed by atoms with Crippen molar-refractivity contribution >= 4 is 23.2 Å². The van der Waals surface area contributed by atoms with Crippen LogP contribution in [0.15, 0.2) is 54.6 Å². The number of benzene rings is 1. The summed E-state index contributed by atoms with van der Waals surface area (Å²) in [6.07, 6.45) is 8.36. The van der Waals surface area contributed by atoms with Crippen molar-refractivity contribution in [2.45, 2.75) is 96.9 Å². The van der Waals surface area contributed by atoms with E-state index in [0.717, 1.165) is 6.04 Å². The van der Waals surface area contributed by atoms with Crippen LogP contribution in [-0.4, -0.2) is 6.16 Å². The molecule has 4 heteroatoms. The molecule has 2 aliphatic rings. The van der Waals surface area contributed by atoms with Gasteiger partial charge in [-0.1, -0.05) is 90.9 Å². The Bertz CT molecular complexity index is 1050. The molecule has 0 fully saturated rings. The molecule has 0 amide bonds. The summed E-state index contributed by atoms with van der Waals surface area (Å²) in [7, 11) is 11.7. The van der Waals surface area contributed by atoms with Gasteiger partial charge in [-0.2, -0.15) is 45.5 Å². The van der Waals surface area contributed by atoms with Crippen LogP contribution >= 0.6 is 17.0 Å². The number of hydrogen-bond donors (Lipinski definition) is 0. The van der Waals surface area contributed by atoms with Crippen LogP contribution in [0.2, 0.25) is 0 Å². The average molecular weight is 605 g/mol. The third kappa shape index (κ3) is 8.56. The number of fused-ring (bicyclic) bond motifs is 2. The zero-order chi connectivity index (χ0) is 25.6. The van der Waals surface area contributed by atoms with E-state index in [9.17, 15) is 0 Å². The van der Waals surface area contributed by atoms with Gasteiger partial charge < -0.3 is 0 Å². The van der Waals surface area contributed by atoms with Crippen LogP contribution in [-0.2, 0) is 47.7 Å². The minimum atomic E-state index is -1.79. The molecule has 0 aromatic heterocycles. The molecule has 3 aromatic carbocycles. The van der Waals surface area contributed by atoms with E-state index in [0.29, 0.717) is 17.0 Å². The number of aryl methyl sites for hydroxylation is 4. The van der Waals surface area contributed by atoms with E-state index in [1.54, 1.807) is 22.3 Å². The molecule has 0 radical (unpaired) electrons. The molecular formula is C31H42Cl2SiZr-2. The summed E-state index contributed by atoms with van der Waals surface area (Å²) >= 11 is -1.79. The SMILES string of the molecule is Cc1cc2c([cH-]1)CCCC2(C)C.Cc1cc2c([cH-]1)CCCC2(C)C.[Cl][Zr]([Cl])=[SiH]Cc1ccccc1. The van der Waals surface area contributed by atoms with Crippen molar-refractivity contribution in [1.29, 1.82) is 0 Å². The van der Waals surface area contributed by atoms with Crippen LogP contribution in [0.3, 0.4) is 0 Å². The van der Waals surface area contributed by atoms with Gasteiger partial charge in [-0.3, -0.25) is 0 Å². The maximum absolute atomic E-state index is 5.83. The molecule has 0 nitrogen and oxygen atoms in total. The Morgan fingerprint density at radius 2 is 1.26 bits per heavy atom. The van der Waals surface area contributed by atoms with Crippen LogP contribution in [0.1, 0.15) is 92.3 Å². The first kappa shape index (κ1) is 29.2. The predicted octanol–water partition coefficient (Wildman–Crippen LogP) is 9.12. The number of halogens is 2. The summed E-state index contributed by atoms with van der Waals surface area (Å²) in [4.78, 5) is 0. The monoisotopic (exact) mass is 602 g/mol. The van der Waals surface area contributed by atoms with Gasteiger partial charge in [0.2, 0.25) is 0 Å².